The molecular weight excluding hydrogens is 234 g/mol. The quantitative estimate of drug-likeness (QED) is 0.454. The molecule has 0 fully saturated rings. The van der Waals surface area contributed by atoms with E-state index >= 15 is 0 Å². The van der Waals surface area contributed by atoms with E-state index in [1.807, 2.05) is 0 Å². The Hall–Kier alpha value is -2.06. The van der Waals surface area contributed by atoms with Gasteiger partial charge >= 0.3 is 5.97 Å². The topological polar surface area (TPSA) is 72.5 Å². The van der Waals surface area contributed by atoms with Gasteiger partial charge in [-0.25, -0.2) is 4.79 Å². The van der Waals surface area contributed by atoms with Gasteiger partial charge in [0.1, 0.15) is 29.3 Å². The number of rotatable bonds is 5. The Bertz CT molecular complexity index is 481. The van der Waals surface area contributed by atoms with E-state index in [1.54, 1.807) is 32.0 Å². The Morgan fingerprint density at radius 1 is 1.61 bits per heavy atom. The summed E-state index contributed by atoms with van der Waals surface area (Å²) >= 11 is 0. The molecule has 0 aliphatic carbocycles. The van der Waals surface area contributed by atoms with Crippen LogP contribution in [0.5, 0.6) is 0 Å². The lowest BCUT2D eigenvalue weighted by Crippen LogP contribution is -2.20. The molecular formula is C13H15NO4. The van der Waals surface area contributed by atoms with Crippen LogP contribution >= 0.6 is 0 Å². The van der Waals surface area contributed by atoms with Gasteiger partial charge in [-0.1, -0.05) is 0 Å². The smallest absolute Gasteiger partial charge is 0.349 e. The number of esters is 1. The molecule has 0 bridgehead atoms. The maximum Gasteiger partial charge on any atom is 0.349 e. The van der Waals surface area contributed by atoms with E-state index in [-0.39, 0.29) is 12.2 Å². The number of carbonyl (C=O) groups excluding carboxylic acids is 1. The second kappa shape index (κ2) is 6.62. The molecule has 0 radical (unpaired) electrons. The van der Waals surface area contributed by atoms with Crippen molar-refractivity contribution in [2.45, 2.75) is 20.0 Å². The van der Waals surface area contributed by atoms with Gasteiger partial charge in [-0.05, 0) is 26.0 Å². The van der Waals surface area contributed by atoms with Gasteiger partial charge in [0.2, 0.25) is 0 Å². The number of ether oxygens (including phenoxy) is 2. The molecule has 1 heterocycles. The highest BCUT2D eigenvalue weighted by molar-refractivity contribution is 5.97. The predicted molar refractivity (Wildman–Crippen MR) is 64.5 cm³/mol. The molecule has 0 saturated carbocycles. The molecule has 0 spiro atoms. The highest BCUT2D eigenvalue weighted by Crippen LogP contribution is 2.12. The molecule has 0 N–H and O–H groups in total. The van der Waals surface area contributed by atoms with Gasteiger partial charge in [0, 0.05) is 13.2 Å². The van der Waals surface area contributed by atoms with E-state index in [9.17, 15) is 4.79 Å². The molecule has 1 aromatic heterocycles. The van der Waals surface area contributed by atoms with E-state index < -0.39 is 12.1 Å². The van der Waals surface area contributed by atoms with Crippen molar-refractivity contribution in [2.24, 2.45) is 0 Å². The zero-order chi connectivity index (χ0) is 13.5. The summed E-state index contributed by atoms with van der Waals surface area (Å²) in [6.45, 7) is 3.75. The van der Waals surface area contributed by atoms with Crippen molar-refractivity contribution < 1.29 is 18.7 Å². The Labute approximate surface area is 106 Å². The van der Waals surface area contributed by atoms with E-state index in [0.717, 1.165) is 0 Å². The molecule has 5 nitrogen and oxygen atoms in total. The van der Waals surface area contributed by atoms with Gasteiger partial charge in [-0.3, -0.25) is 0 Å². The SMILES string of the molecule is COC[C@@H](C)OC(=O)/C(C#N)=C/c1ccc(C)o1. The van der Waals surface area contributed by atoms with Crippen LogP contribution in [0.2, 0.25) is 0 Å². The second-order valence-electron chi connectivity index (χ2n) is 3.79. The first-order valence-electron chi connectivity index (χ1n) is 5.45. The Balaban J connectivity index is 2.75. The van der Waals surface area contributed by atoms with Crippen LogP contribution in [0.25, 0.3) is 6.08 Å². The van der Waals surface area contributed by atoms with Crippen molar-refractivity contribution in [1.29, 1.82) is 5.26 Å². The molecule has 0 aromatic carbocycles. The predicted octanol–water partition coefficient (Wildman–Crippen LogP) is 2.07. The van der Waals surface area contributed by atoms with Gasteiger partial charge in [0.05, 0.1) is 6.61 Å². The summed E-state index contributed by atoms with van der Waals surface area (Å²) in [6, 6.07) is 5.22. The van der Waals surface area contributed by atoms with E-state index in [0.29, 0.717) is 11.5 Å². The first-order valence-corrected chi connectivity index (χ1v) is 5.45. The molecule has 0 unspecified atom stereocenters. The number of furan rings is 1. The Kier molecular flexibility index (Phi) is 5.15. The van der Waals surface area contributed by atoms with Crippen LogP contribution in [-0.2, 0) is 14.3 Å². The lowest BCUT2D eigenvalue weighted by atomic mass is 10.2. The summed E-state index contributed by atoms with van der Waals surface area (Å²) < 4.78 is 15.1. The minimum atomic E-state index is -0.684. The van der Waals surface area contributed by atoms with Crippen molar-refractivity contribution in [3.8, 4) is 6.07 Å². The standard InChI is InChI=1S/C13H15NO4/c1-9-4-5-12(17-9)6-11(7-14)13(15)18-10(2)8-16-3/h4-6,10H,8H2,1-3H3/b11-6+/t10-/m1/s1. The summed E-state index contributed by atoms with van der Waals surface area (Å²) in [5, 5.41) is 8.92. The lowest BCUT2D eigenvalue weighted by molar-refractivity contribution is -0.145. The van der Waals surface area contributed by atoms with Crippen LogP contribution in [0.4, 0.5) is 0 Å². The molecule has 18 heavy (non-hydrogen) atoms. The summed E-state index contributed by atoms with van der Waals surface area (Å²) in [7, 11) is 1.51. The van der Waals surface area contributed by atoms with Crippen LogP contribution in [0.3, 0.4) is 0 Å². The van der Waals surface area contributed by atoms with Gasteiger partial charge < -0.3 is 13.9 Å². The Morgan fingerprint density at radius 2 is 2.33 bits per heavy atom. The van der Waals surface area contributed by atoms with E-state index in [1.165, 1.54) is 13.2 Å². The largest absolute Gasteiger partial charge is 0.462 e. The number of methoxy groups -OCH3 is 1. The first kappa shape index (κ1) is 14.0. The fourth-order valence-electron chi connectivity index (χ4n) is 1.33. The average Bonchev–Trinajstić information content (AvgIpc) is 2.71. The highest BCUT2D eigenvalue weighted by Gasteiger charge is 2.15. The summed E-state index contributed by atoms with van der Waals surface area (Å²) in [5.74, 6) is 0.469. The molecule has 0 amide bonds. The third-order valence-electron chi connectivity index (χ3n) is 2.10. The van der Waals surface area contributed by atoms with Gasteiger partial charge in [0.15, 0.2) is 0 Å². The van der Waals surface area contributed by atoms with Crippen LogP contribution in [0, 0.1) is 18.3 Å². The second-order valence-corrected chi connectivity index (χ2v) is 3.79. The molecule has 96 valence electrons. The number of carbonyl (C=O) groups is 1. The van der Waals surface area contributed by atoms with E-state index in [4.69, 9.17) is 19.2 Å². The molecule has 0 aliphatic rings. The zero-order valence-corrected chi connectivity index (χ0v) is 10.6. The minimum absolute atomic E-state index is 0.104. The third kappa shape index (κ3) is 4.07. The van der Waals surface area contributed by atoms with Crippen molar-refractivity contribution >= 4 is 12.0 Å². The lowest BCUT2D eigenvalue weighted by Gasteiger charge is -2.10. The van der Waals surface area contributed by atoms with Gasteiger partial charge in [-0.2, -0.15) is 5.26 Å². The normalized spacial score (nSPS) is 12.9. The number of nitriles is 1. The first-order chi connectivity index (χ1) is 8.56. The van der Waals surface area contributed by atoms with Crippen LogP contribution < -0.4 is 0 Å². The molecule has 1 atom stereocenters. The van der Waals surface area contributed by atoms with Crippen molar-refractivity contribution in [1.82, 2.24) is 0 Å². The minimum Gasteiger partial charge on any atom is -0.462 e. The molecule has 5 heteroatoms. The van der Waals surface area contributed by atoms with Crippen molar-refractivity contribution in [3.63, 3.8) is 0 Å². The molecule has 1 aromatic rings. The van der Waals surface area contributed by atoms with Crippen LogP contribution in [-0.4, -0.2) is 25.8 Å². The summed E-state index contributed by atoms with van der Waals surface area (Å²) in [5.41, 5.74) is -0.104. The molecule has 0 saturated heterocycles. The van der Waals surface area contributed by atoms with Gasteiger partial charge in [-0.15, -0.1) is 0 Å². The summed E-state index contributed by atoms with van der Waals surface area (Å²) in [6.07, 6.45) is 0.951. The van der Waals surface area contributed by atoms with Crippen LogP contribution in [0.1, 0.15) is 18.4 Å². The zero-order valence-electron chi connectivity index (χ0n) is 10.6. The highest BCUT2D eigenvalue weighted by atomic mass is 16.6. The van der Waals surface area contributed by atoms with Crippen LogP contribution in [0.15, 0.2) is 22.1 Å². The van der Waals surface area contributed by atoms with E-state index in [2.05, 4.69) is 0 Å². The fourth-order valence-corrected chi connectivity index (χ4v) is 1.33. The number of hydrogen-bond acceptors (Lipinski definition) is 5. The number of nitrogens with zero attached hydrogens (tertiary/aromatic N) is 1. The van der Waals surface area contributed by atoms with Gasteiger partial charge in [0.25, 0.3) is 0 Å². The maximum absolute atomic E-state index is 11.7. The number of aryl methyl sites for hydroxylation is 1. The summed E-state index contributed by atoms with van der Waals surface area (Å²) in [4.78, 5) is 11.7. The van der Waals surface area contributed by atoms with Crippen molar-refractivity contribution in [3.05, 3.63) is 29.2 Å². The molecule has 0 aliphatic heterocycles. The monoisotopic (exact) mass is 249 g/mol. The maximum atomic E-state index is 11.7. The third-order valence-corrected chi connectivity index (χ3v) is 2.10. The number of hydrogen-bond donors (Lipinski definition) is 0. The average molecular weight is 249 g/mol. The Morgan fingerprint density at radius 3 is 2.83 bits per heavy atom. The van der Waals surface area contributed by atoms with Crippen molar-refractivity contribution in [2.75, 3.05) is 13.7 Å². The molecule has 1 rings (SSSR count). The fraction of sp³-hybridized carbons (Fsp3) is 0.385.